The summed E-state index contributed by atoms with van der Waals surface area (Å²) in [5.74, 6) is 0.256. The average Bonchev–Trinajstić information content (AvgIpc) is 3.05. The minimum absolute atomic E-state index is 0.00117. The number of nitrogens with zero attached hydrogens (tertiary/aromatic N) is 2. The van der Waals surface area contributed by atoms with Crippen LogP contribution in [0.4, 0.5) is 11.4 Å². The highest BCUT2D eigenvalue weighted by Crippen LogP contribution is 2.26. The Balaban J connectivity index is 1.69. The molecule has 0 bridgehead atoms. The van der Waals surface area contributed by atoms with Gasteiger partial charge in [0.25, 0.3) is 5.91 Å². The van der Waals surface area contributed by atoms with Gasteiger partial charge < -0.3 is 14.5 Å². The summed E-state index contributed by atoms with van der Waals surface area (Å²) < 4.78 is 5.96. The van der Waals surface area contributed by atoms with E-state index in [4.69, 9.17) is 16.3 Å². The first-order valence-corrected chi connectivity index (χ1v) is 10.1. The zero-order valence-electron chi connectivity index (χ0n) is 15.5. The van der Waals surface area contributed by atoms with Crippen molar-refractivity contribution < 1.29 is 14.3 Å². The van der Waals surface area contributed by atoms with Crippen molar-refractivity contribution in [2.24, 2.45) is 5.92 Å². The van der Waals surface area contributed by atoms with Gasteiger partial charge in [0.05, 0.1) is 10.9 Å². The number of carbonyl (C=O) groups is 2. The molecule has 1 fully saturated rings. The predicted octanol–water partition coefficient (Wildman–Crippen LogP) is 4.00. The van der Waals surface area contributed by atoms with E-state index in [2.05, 4.69) is 6.92 Å². The van der Waals surface area contributed by atoms with Crippen LogP contribution in [0.5, 0.6) is 0 Å². The first-order chi connectivity index (χ1) is 12.9. The van der Waals surface area contributed by atoms with Gasteiger partial charge in [0, 0.05) is 36.3 Å². The minimum Gasteiger partial charge on any atom is -0.370 e. The number of benzene rings is 1. The molecule has 0 saturated carbocycles. The molecule has 3 rings (SSSR count). The van der Waals surface area contributed by atoms with Crippen molar-refractivity contribution in [3.05, 3.63) is 45.6 Å². The fourth-order valence-corrected chi connectivity index (χ4v) is 4.45. The Morgan fingerprint density at radius 2 is 2.04 bits per heavy atom. The molecule has 1 aliphatic heterocycles. The lowest BCUT2D eigenvalue weighted by molar-refractivity contribution is -0.125. The van der Waals surface area contributed by atoms with Crippen LogP contribution in [-0.2, 0) is 20.7 Å². The normalized spacial score (nSPS) is 15.7. The van der Waals surface area contributed by atoms with E-state index in [9.17, 15) is 9.59 Å². The number of rotatable bonds is 6. The SMILES string of the molecule is CC(=O)N(CC(C)Cc1ccc(Cl)s1)c1ccc(N2CCOCC2=O)cc1. The summed E-state index contributed by atoms with van der Waals surface area (Å²) in [6.45, 7) is 5.54. The number of carbonyl (C=O) groups excluding carboxylic acids is 2. The molecule has 1 saturated heterocycles. The first kappa shape index (κ1) is 19.9. The van der Waals surface area contributed by atoms with E-state index in [1.807, 2.05) is 36.4 Å². The fourth-order valence-electron chi connectivity index (χ4n) is 3.20. The Bertz CT molecular complexity index is 806. The lowest BCUT2D eigenvalue weighted by Crippen LogP contribution is -2.41. The molecule has 2 aromatic rings. The summed E-state index contributed by atoms with van der Waals surface area (Å²) >= 11 is 7.58. The molecule has 0 aliphatic carbocycles. The molecule has 1 aromatic carbocycles. The third-order valence-corrected chi connectivity index (χ3v) is 5.77. The van der Waals surface area contributed by atoms with Crippen LogP contribution in [0.25, 0.3) is 0 Å². The van der Waals surface area contributed by atoms with Crippen molar-refractivity contribution in [1.82, 2.24) is 0 Å². The molecule has 7 heteroatoms. The lowest BCUT2D eigenvalue weighted by atomic mass is 10.1. The summed E-state index contributed by atoms with van der Waals surface area (Å²) in [5.41, 5.74) is 1.67. The molecule has 1 aliphatic rings. The van der Waals surface area contributed by atoms with Crippen molar-refractivity contribution in [2.45, 2.75) is 20.3 Å². The van der Waals surface area contributed by atoms with E-state index >= 15 is 0 Å². The number of morpholine rings is 1. The Labute approximate surface area is 168 Å². The molecule has 1 unspecified atom stereocenters. The third-order valence-electron chi connectivity index (χ3n) is 4.51. The van der Waals surface area contributed by atoms with E-state index in [0.29, 0.717) is 25.6 Å². The zero-order valence-corrected chi connectivity index (χ0v) is 17.1. The fraction of sp³-hybridized carbons (Fsp3) is 0.400. The maximum atomic E-state index is 12.2. The number of ether oxygens (including phenoxy) is 1. The smallest absolute Gasteiger partial charge is 0.253 e. The Kier molecular flexibility index (Phi) is 6.52. The summed E-state index contributed by atoms with van der Waals surface area (Å²) in [5, 5.41) is 0. The standard InChI is InChI=1S/C20H23ClN2O3S/c1-14(11-18-7-8-19(21)27-18)12-23(15(2)24)17-5-3-16(4-6-17)22-9-10-26-13-20(22)25/h3-8,14H,9-13H2,1-2H3. The second-order valence-corrected chi connectivity index (χ2v) is 8.56. The summed E-state index contributed by atoms with van der Waals surface area (Å²) in [6, 6.07) is 11.5. The van der Waals surface area contributed by atoms with Crippen LogP contribution >= 0.6 is 22.9 Å². The molecule has 1 atom stereocenters. The molecule has 1 aromatic heterocycles. The molecular weight excluding hydrogens is 384 g/mol. The van der Waals surface area contributed by atoms with E-state index in [0.717, 1.165) is 22.1 Å². The van der Waals surface area contributed by atoms with Gasteiger partial charge in [-0.25, -0.2) is 0 Å². The highest BCUT2D eigenvalue weighted by atomic mass is 35.5. The van der Waals surface area contributed by atoms with E-state index in [1.165, 1.54) is 4.88 Å². The molecule has 2 heterocycles. The molecule has 5 nitrogen and oxygen atoms in total. The first-order valence-electron chi connectivity index (χ1n) is 8.94. The number of anilines is 2. The van der Waals surface area contributed by atoms with Crippen LogP contribution in [0.1, 0.15) is 18.7 Å². The number of hydrogen-bond donors (Lipinski definition) is 0. The summed E-state index contributed by atoms with van der Waals surface area (Å²) in [4.78, 5) is 28.9. The van der Waals surface area contributed by atoms with Crippen molar-refractivity contribution in [1.29, 1.82) is 0 Å². The molecular formula is C20H23ClN2O3S. The van der Waals surface area contributed by atoms with Crippen LogP contribution in [0.3, 0.4) is 0 Å². The molecule has 0 spiro atoms. The maximum absolute atomic E-state index is 12.2. The Morgan fingerprint density at radius 3 is 2.63 bits per heavy atom. The van der Waals surface area contributed by atoms with Gasteiger partial charge in [-0.3, -0.25) is 9.59 Å². The topological polar surface area (TPSA) is 49.9 Å². The molecule has 2 amide bonds. The average molecular weight is 407 g/mol. The highest BCUT2D eigenvalue weighted by Gasteiger charge is 2.21. The number of thiophene rings is 1. The Morgan fingerprint density at radius 1 is 1.30 bits per heavy atom. The van der Waals surface area contributed by atoms with Crippen molar-refractivity contribution in [3.63, 3.8) is 0 Å². The number of amides is 2. The third kappa shape index (κ3) is 5.09. The van der Waals surface area contributed by atoms with Gasteiger partial charge in [-0.2, -0.15) is 0 Å². The summed E-state index contributed by atoms with van der Waals surface area (Å²) in [6.07, 6.45) is 0.877. The van der Waals surface area contributed by atoms with Gasteiger partial charge in [-0.1, -0.05) is 18.5 Å². The predicted molar refractivity (Wildman–Crippen MR) is 110 cm³/mol. The number of hydrogen-bond acceptors (Lipinski definition) is 4. The quantitative estimate of drug-likeness (QED) is 0.728. The molecule has 0 radical (unpaired) electrons. The van der Waals surface area contributed by atoms with Crippen LogP contribution in [0, 0.1) is 5.92 Å². The van der Waals surface area contributed by atoms with Gasteiger partial charge in [0.2, 0.25) is 5.91 Å². The molecule has 144 valence electrons. The van der Waals surface area contributed by atoms with E-state index in [1.54, 1.807) is 28.1 Å². The van der Waals surface area contributed by atoms with Crippen LogP contribution < -0.4 is 9.80 Å². The van der Waals surface area contributed by atoms with Crippen LogP contribution in [0.2, 0.25) is 4.34 Å². The maximum Gasteiger partial charge on any atom is 0.253 e. The second kappa shape index (κ2) is 8.87. The van der Waals surface area contributed by atoms with Crippen LogP contribution in [-0.4, -0.2) is 38.1 Å². The van der Waals surface area contributed by atoms with Crippen molar-refractivity contribution >= 4 is 46.1 Å². The van der Waals surface area contributed by atoms with Crippen molar-refractivity contribution in [2.75, 3.05) is 36.1 Å². The Hall–Kier alpha value is -1.89. The van der Waals surface area contributed by atoms with Crippen LogP contribution in [0.15, 0.2) is 36.4 Å². The summed E-state index contributed by atoms with van der Waals surface area (Å²) in [7, 11) is 0. The van der Waals surface area contributed by atoms with Crippen molar-refractivity contribution in [3.8, 4) is 0 Å². The zero-order chi connectivity index (χ0) is 19.4. The number of halogens is 1. The minimum atomic E-state index is -0.0411. The van der Waals surface area contributed by atoms with Gasteiger partial charge in [0.15, 0.2) is 0 Å². The van der Waals surface area contributed by atoms with Gasteiger partial charge in [-0.15, -0.1) is 11.3 Å². The molecule has 27 heavy (non-hydrogen) atoms. The monoisotopic (exact) mass is 406 g/mol. The van der Waals surface area contributed by atoms with Gasteiger partial charge in [-0.05, 0) is 48.7 Å². The molecule has 0 N–H and O–H groups in total. The lowest BCUT2D eigenvalue weighted by Gasteiger charge is -2.28. The second-order valence-electron chi connectivity index (χ2n) is 6.76. The van der Waals surface area contributed by atoms with E-state index in [-0.39, 0.29) is 18.4 Å². The largest absolute Gasteiger partial charge is 0.370 e. The van der Waals surface area contributed by atoms with Gasteiger partial charge in [0.1, 0.15) is 6.61 Å². The highest BCUT2D eigenvalue weighted by molar-refractivity contribution is 7.16. The van der Waals surface area contributed by atoms with E-state index < -0.39 is 0 Å². The van der Waals surface area contributed by atoms with Gasteiger partial charge >= 0.3 is 0 Å².